The highest BCUT2D eigenvalue weighted by Crippen LogP contribution is 2.29. The second-order valence-electron chi connectivity index (χ2n) is 4.05. The lowest BCUT2D eigenvalue weighted by molar-refractivity contribution is 0.432. The van der Waals surface area contributed by atoms with E-state index in [1.165, 1.54) is 0 Å². The third-order valence-corrected chi connectivity index (χ3v) is 3.56. The van der Waals surface area contributed by atoms with Gasteiger partial charge in [0.25, 0.3) is 5.89 Å². The van der Waals surface area contributed by atoms with E-state index in [0.717, 1.165) is 14.5 Å². The van der Waals surface area contributed by atoms with Crippen LogP contribution in [0.15, 0.2) is 50.1 Å². The molecule has 0 bridgehead atoms. The third-order valence-electron chi connectivity index (χ3n) is 2.63. The lowest BCUT2D eigenvalue weighted by Gasteiger charge is -2.00. The molecule has 1 aromatic carbocycles. The van der Waals surface area contributed by atoms with Gasteiger partial charge in [-0.1, -0.05) is 21.1 Å². The van der Waals surface area contributed by atoms with Gasteiger partial charge in [-0.3, -0.25) is 4.98 Å². The van der Waals surface area contributed by atoms with Crippen LogP contribution in [0.5, 0.6) is 0 Å². The summed E-state index contributed by atoms with van der Waals surface area (Å²) in [7, 11) is 0. The minimum absolute atomic E-state index is 0.380. The molecule has 20 heavy (non-hydrogen) atoms. The predicted molar refractivity (Wildman–Crippen MR) is 82.8 cm³/mol. The Hall–Kier alpha value is -1.73. The van der Waals surface area contributed by atoms with Crippen LogP contribution in [0.3, 0.4) is 0 Å². The number of nitrogen functional groups attached to an aromatic ring is 1. The summed E-state index contributed by atoms with van der Waals surface area (Å²) >= 11 is 6.72. The summed E-state index contributed by atoms with van der Waals surface area (Å²) in [4.78, 5) is 8.42. The average molecular weight is 396 g/mol. The summed E-state index contributed by atoms with van der Waals surface area (Å²) in [6.45, 7) is 0. The Balaban J connectivity index is 2.02. The first-order valence-electron chi connectivity index (χ1n) is 5.63. The van der Waals surface area contributed by atoms with Gasteiger partial charge in [0, 0.05) is 32.6 Å². The molecular formula is C13H8Br2N4O. The maximum absolute atomic E-state index is 5.95. The minimum atomic E-state index is 0.380. The number of halogens is 2. The van der Waals surface area contributed by atoms with Crippen molar-refractivity contribution >= 4 is 37.5 Å². The number of nitrogens with zero attached hydrogens (tertiary/aromatic N) is 3. The number of benzene rings is 1. The molecule has 0 fully saturated rings. The van der Waals surface area contributed by atoms with Crippen LogP contribution in [0.2, 0.25) is 0 Å². The second-order valence-corrected chi connectivity index (χ2v) is 5.88. The molecule has 100 valence electrons. The molecule has 3 rings (SSSR count). The summed E-state index contributed by atoms with van der Waals surface area (Å²) in [5.74, 6) is 0.848. The van der Waals surface area contributed by atoms with Crippen molar-refractivity contribution in [1.82, 2.24) is 15.1 Å². The molecule has 0 amide bonds. The molecule has 0 saturated heterocycles. The van der Waals surface area contributed by atoms with E-state index < -0.39 is 0 Å². The molecule has 0 saturated carbocycles. The van der Waals surface area contributed by atoms with E-state index in [1.807, 2.05) is 18.2 Å². The van der Waals surface area contributed by atoms with Crippen molar-refractivity contribution in [3.63, 3.8) is 0 Å². The first kappa shape index (κ1) is 13.3. The van der Waals surface area contributed by atoms with Gasteiger partial charge in [-0.2, -0.15) is 4.98 Å². The maximum atomic E-state index is 5.95. The zero-order valence-electron chi connectivity index (χ0n) is 10.0. The summed E-state index contributed by atoms with van der Waals surface area (Å²) < 4.78 is 7.02. The van der Waals surface area contributed by atoms with Crippen LogP contribution in [0, 0.1) is 0 Å². The second kappa shape index (κ2) is 5.34. The van der Waals surface area contributed by atoms with Crippen molar-refractivity contribution in [1.29, 1.82) is 0 Å². The standard InChI is InChI=1S/C13H8Br2N4O/c14-8-1-2-10(11(16)4-8)13-18-12(19-20-13)7-3-9(15)6-17-5-7/h1-6H,16H2. The Morgan fingerprint density at radius 3 is 2.65 bits per heavy atom. The number of hydrogen-bond acceptors (Lipinski definition) is 5. The van der Waals surface area contributed by atoms with Crippen molar-refractivity contribution < 1.29 is 4.52 Å². The lowest BCUT2D eigenvalue weighted by Crippen LogP contribution is -1.90. The largest absolute Gasteiger partial charge is 0.398 e. The molecule has 3 aromatic rings. The molecule has 0 atom stereocenters. The molecule has 0 unspecified atom stereocenters. The lowest BCUT2D eigenvalue weighted by atomic mass is 10.2. The number of nitrogens with two attached hydrogens (primary N) is 1. The first-order chi connectivity index (χ1) is 9.63. The van der Waals surface area contributed by atoms with Gasteiger partial charge >= 0.3 is 0 Å². The molecule has 0 aliphatic heterocycles. The fourth-order valence-corrected chi connectivity index (χ4v) is 2.46. The molecule has 2 heterocycles. The predicted octanol–water partition coefficient (Wildman–Crippen LogP) is 3.91. The van der Waals surface area contributed by atoms with Crippen LogP contribution in [-0.2, 0) is 0 Å². The highest BCUT2D eigenvalue weighted by molar-refractivity contribution is 9.10. The SMILES string of the molecule is Nc1cc(Br)ccc1-c1nc(-c2cncc(Br)c2)no1. The van der Waals surface area contributed by atoms with Gasteiger partial charge in [0.15, 0.2) is 0 Å². The van der Waals surface area contributed by atoms with Crippen LogP contribution >= 0.6 is 31.9 Å². The number of aromatic nitrogens is 3. The Bertz CT molecular complexity index is 773. The molecule has 0 spiro atoms. The van der Waals surface area contributed by atoms with Crippen molar-refractivity contribution in [3.8, 4) is 22.8 Å². The third kappa shape index (κ3) is 2.59. The molecular weight excluding hydrogens is 388 g/mol. The zero-order valence-corrected chi connectivity index (χ0v) is 13.2. The minimum Gasteiger partial charge on any atom is -0.398 e. The number of hydrogen-bond donors (Lipinski definition) is 1. The van der Waals surface area contributed by atoms with Gasteiger partial charge in [0.2, 0.25) is 5.82 Å². The Morgan fingerprint density at radius 2 is 1.90 bits per heavy atom. The Kier molecular flexibility index (Phi) is 3.54. The van der Waals surface area contributed by atoms with E-state index in [2.05, 4.69) is 47.0 Å². The van der Waals surface area contributed by atoms with E-state index in [9.17, 15) is 0 Å². The van der Waals surface area contributed by atoms with Crippen molar-refractivity contribution in [2.75, 3.05) is 5.73 Å². The van der Waals surface area contributed by atoms with Crippen LogP contribution in [0.4, 0.5) is 5.69 Å². The van der Waals surface area contributed by atoms with E-state index in [-0.39, 0.29) is 0 Å². The van der Waals surface area contributed by atoms with Gasteiger partial charge in [0.1, 0.15) is 0 Å². The highest BCUT2D eigenvalue weighted by atomic mass is 79.9. The Morgan fingerprint density at radius 1 is 1.05 bits per heavy atom. The van der Waals surface area contributed by atoms with Crippen LogP contribution in [-0.4, -0.2) is 15.1 Å². The number of pyridine rings is 1. The smallest absolute Gasteiger partial charge is 0.260 e. The van der Waals surface area contributed by atoms with E-state index in [4.69, 9.17) is 10.3 Å². The van der Waals surface area contributed by atoms with E-state index in [0.29, 0.717) is 23.0 Å². The fourth-order valence-electron chi connectivity index (χ4n) is 1.71. The molecule has 0 aliphatic carbocycles. The summed E-state index contributed by atoms with van der Waals surface area (Å²) in [5, 5.41) is 3.95. The highest BCUT2D eigenvalue weighted by Gasteiger charge is 2.13. The topological polar surface area (TPSA) is 77.8 Å². The molecule has 2 aromatic heterocycles. The molecule has 2 N–H and O–H groups in total. The van der Waals surface area contributed by atoms with Crippen molar-refractivity contribution in [2.24, 2.45) is 0 Å². The van der Waals surface area contributed by atoms with Gasteiger partial charge in [-0.15, -0.1) is 0 Å². The molecule has 7 heteroatoms. The zero-order chi connectivity index (χ0) is 14.1. The number of rotatable bonds is 2. The van der Waals surface area contributed by atoms with Gasteiger partial charge in [0.05, 0.1) is 5.56 Å². The summed E-state index contributed by atoms with van der Waals surface area (Å²) in [6, 6.07) is 7.36. The molecule has 0 radical (unpaired) electrons. The quantitative estimate of drug-likeness (QED) is 0.665. The van der Waals surface area contributed by atoms with Gasteiger partial charge in [-0.25, -0.2) is 0 Å². The van der Waals surface area contributed by atoms with Crippen molar-refractivity contribution in [2.45, 2.75) is 0 Å². The van der Waals surface area contributed by atoms with Crippen LogP contribution in [0.1, 0.15) is 0 Å². The Labute approximate surface area is 131 Å². The van der Waals surface area contributed by atoms with Crippen LogP contribution < -0.4 is 5.73 Å². The normalized spacial score (nSPS) is 10.7. The van der Waals surface area contributed by atoms with Gasteiger partial charge < -0.3 is 10.3 Å². The summed E-state index contributed by atoms with van der Waals surface area (Å²) in [6.07, 6.45) is 3.36. The molecule has 0 aliphatic rings. The van der Waals surface area contributed by atoms with Gasteiger partial charge in [-0.05, 0) is 40.2 Å². The first-order valence-corrected chi connectivity index (χ1v) is 7.22. The maximum Gasteiger partial charge on any atom is 0.260 e. The summed E-state index contributed by atoms with van der Waals surface area (Å²) in [5.41, 5.74) is 7.99. The van der Waals surface area contributed by atoms with E-state index in [1.54, 1.807) is 18.5 Å². The van der Waals surface area contributed by atoms with Crippen LogP contribution in [0.25, 0.3) is 22.8 Å². The van der Waals surface area contributed by atoms with E-state index >= 15 is 0 Å². The molecule has 5 nitrogen and oxygen atoms in total. The fraction of sp³-hybridized carbons (Fsp3) is 0. The van der Waals surface area contributed by atoms with Crippen molar-refractivity contribution in [3.05, 3.63) is 45.6 Å². The monoisotopic (exact) mass is 394 g/mol. The average Bonchev–Trinajstić information content (AvgIpc) is 2.88. The number of anilines is 1.